The quantitative estimate of drug-likeness (QED) is 0.614. The van der Waals surface area contributed by atoms with Gasteiger partial charge in [-0.25, -0.2) is 9.18 Å². The summed E-state index contributed by atoms with van der Waals surface area (Å²) in [5.41, 5.74) is 0.526. The number of aromatic nitrogens is 1. The van der Waals surface area contributed by atoms with E-state index in [0.29, 0.717) is 28.8 Å². The van der Waals surface area contributed by atoms with Crippen LogP contribution in [0, 0.1) is 5.82 Å². The molecule has 158 valence electrons. The average Bonchev–Trinajstić information content (AvgIpc) is 2.76. The van der Waals surface area contributed by atoms with E-state index in [1.54, 1.807) is 31.3 Å². The Balaban J connectivity index is 1.97. The van der Waals surface area contributed by atoms with Crippen molar-refractivity contribution in [2.45, 2.75) is 20.0 Å². The minimum Gasteiger partial charge on any atom is -0.493 e. The minimum absolute atomic E-state index is 0.225. The fraction of sp³-hybridized carbons (Fsp3) is 0.273. The highest BCUT2D eigenvalue weighted by Crippen LogP contribution is 2.35. The molecule has 7 nitrogen and oxygen atoms in total. The molecule has 3 rings (SSSR count). The van der Waals surface area contributed by atoms with Crippen molar-refractivity contribution in [3.8, 4) is 17.2 Å². The summed E-state index contributed by atoms with van der Waals surface area (Å²) in [5.74, 6) is 0.697. The van der Waals surface area contributed by atoms with Crippen molar-refractivity contribution < 1.29 is 23.4 Å². The Morgan fingerprint density at radius 1 is 1.03 bits per heavy atom. The van der Waals surface area contributed by atoms with E-state index in [9.17, 15) is 14.0 Å². The van der Waals surface area contributed by atoms with Gasteiger partial charge < -0.3 is 23.7 Å². The summed E-state index contributed by atoms with van der Waals surface area (Å²) >= 11 is 0. The molecule has 0 atom stereocenters. The molecule has 0 aliphatic heterocycles. The van der Waals surface area contributed by atoms with Crippen LogP contribution in [0.15, 0.2) is 47.4 Å². The molecule has 0 bridgehead atoms. The molecule has 1 heterocycles. The molecule has 8 heteroatoms. The van der Waals surface area contributed by atoms with Crippen LogP contribution in [0.3, 0.4) is 0 Å². The van der Waals surface area contributed by atoms with Crippen LogP contribution in [0.2, 0.25) is 0 Å². The predicted molar refractivity (Wildman–Crippen MR) is 111 cm³/mol. The standard InChI is InChI=1S/C22H23FN2O5/c1-5-25-13-20(16-10-18(28-3)19(29-4)11-17(16)21(25)26)30-22(27)24(2)12-14-6-8-15(23)9-7-14/h6-11,13H,5,12H2,1-4H3. The summed E-state index contributed by atoms with van der Waals surface area (Å²) < 4.78 is 30.8. The Labute approximate surface area is 173 Å². The molecule has 0 unspecified atom stereocenters. The van der Waals surface area contributed by atoms with Crippen LogP contribution in [-0.2, 0) is 13.1 Å². The highest BCUT2D eigenvalue weighted by Gasteiger charge is 2.19. The fourth-order valence-electron chi connectivity index (χ4n) is 3.10. The highest BCUT2D eigenvalue weighted by atomic mass is 19.1. The van der Waals surface area contributed by atoms with E-state index in [0.717, 1.165) is 5.56 Å². The zero-order valence-corrected chi connectivity index (χ0v) is 17.3. The first-order valence-electron chi connectivity index (χ1n) is 9.34. The topological polar surface area (TPSA) is 70.0 Å². The molecule has 1 amide bonds. The number of carbonyl (C=O) groups is 1. The van der Waals surface area contributed by atoms with Gasteiger partial charge in [0.2, 0.25) is 0 Å². The normalized spacial score (nSPS) is 10.7. The predicted octanol–water partition coefficient (Wildman–Crippen LogP) is 3.81. The van der Waals surface area contributed by atoms with Gasteiger partial charge >= 0.3 is 6.09 Å². The fourth-order valence-corrected chi connectivity index (χ4v) is 3.10. The molecule has 0 N–H and O–H groups in total. The van der Waals surface area contributed by atoms with Crippen LogP contribution in [-0.4, -0.2) is 36.8 Å². The molecule has 0 aliphatic rings. The number of hydrogen-bond donors (Lipinski definition) is 0. The lowest BCUT2D eigenvalue weighted by molar-refractivity contribution is 0.161. The molecule has 0 fully saturated rings. The van der Waals surface area contributed by atoms with E-state index in [1.807, 2.05) is 6.92 Å². The van der Waals surface area contributed by atoms with Crippen molar-refractivity contribution in [3.05, 3.63) is 64.3 Å². The van der Waals surface area contributed by atoms with Crippen molar-refractivity contribution in [2.24, 2.45) is 0 Å². The van der Waals surface area contributed by atoms with Crippen LogP contribution in [0.4, 0.5) is 9.18 Å². The number of pyridine rings is 1. The van der Waals surface area contributed by atoms with E-state index in [1.165, 1.54) is 42.0 Å². The number of rotatable bonds is 6. The summed E-state index contributed by atoms with van der Waals surface area (Å²) in [4.78, 5) is 26.8. The average molecular weight is 414 g/mol. The molecule has 0 radical (unpaired) electrons. The Kier molecular flexibility index (Phi) is 6.25. The first-order valence-corrected chi connectivity index (χ1v) is 9.34. The summed E-state index contributed by atoms with van der Waals surface area (Å²) in [5, 5.41) is 0.784. The van der Waals surface area contributed by atoms with E-state index in [2.05, 4.69) is 0 Å². The Morgan fingerprint density at radius 2 is 1.63 bits per heavy atom. The zero-order valence-electron chi connectivity index (χ0n) is 17.3. The number of halogens is 1. The molecule has 0 aliphatic carbocycles. The maximum atomic E-state index is 13.1. The van der Waals surface area contributed by atoms with Crippen LogP contribution in [0.1, 0.15) is 12.5 Å². The lowest BCUT2D eigenvalue weighted by atomic mass is 10.1. The number of nitrogens with zero attached hydrogens (tertiary/aromatic N) is 2. The molecule has 3 aromatic rings. The maximum absolute atomic E-state index is 13.1. The van der Waals surface area contributed by atoms with Gasteiger partial charge in [-0.05, 0) is 36.8 Å². The van der Waals surface area contributed by atoms with Gasteiger partial charge in [0.1, 0.15) is 5.82 Å². The van der Waals surface area contributed by atoms with Crippen LogP contribution < -0.4 is 19.8 Å². The third kappa shape index (κ3) is 4.22. The first kappa shape index (κ1) is 21.2. The van der Waals surface area contributed by atoms with Gasteiger partial charge in [-0.1, -0.05) is 12.1 Å². The monoisotopic (exact) mass is 414 g/mol. The second kappa shape index (κ2) is 8.86. The Bertz CT molecular complexity index is 1130. The van der Waals surface area contributed by atoms with Crippen molar-refractivity contribution in [1.29, 1.82) is 0 Å². The summed E-state index contributed by atoms with van der Waals surface area (Å²) in [6, 6.07) is 9.05. The SMILES string of the molecule is CCn1cc(OC(=O)N(C)Cc2ccc(F)cc2)c2cc(OC)c(OC)cc2c1=O. The van der Waals surface area contributed by atoms with Crippen molar-refractivity contribution >= 4 is 16.9 Å². The van der Waals surface area contributed by atoms with Crippen LogP contribution in [0.5, 0.6) is 17.2 Å². The summed E-state index contributed by atoms with van der Waals surface area (Å²) in [7, 11) is 4.54. The molecule has 1 aromatic heterocycles. The van der Waals surface area contributed by atoms with Crippen LogP contribution in [0.25, 0.3) is 10.8 Å². The van der Waals surface area contributed by atoms with Gasteiger partial charge in [-0.2, -0.15) is 0 Å². The van der Waals surface area contributed by atoms with Gasteiger partial charge in [-0.15, -0.1) is 0 Å². The first-order chi connectivity index (χ1) is 14.4. The van der Waals surface area contributed by atoms with Crippen molar-refractivity contribution in [3.63, 3.8) is 0 Å². The number of amides is 1. The number of methoxy groups -OCH3 is 2. The number of carbonyl (C=O) groups excluding carboxylic acids is 1. The van der Waals surface area contributed by atoms with Crippen molar-refractivity contribution in [2.75, 3.05) is 21.3 Å². The number of fused-ring (bicyclic) bond motifs is 1. The third-order valence-corrected chi connectivity index (χ3v) is 4.74. The van der Waals surface area contributed by atoms with Gasteiger partial charge in [0.25, 0.3) is 5.56 Å². The summed E-state index contributed by atoms with van der Waals surface area (Å²) in [6.45, 7) is 2.46. The molecule has 0 saturated carbocycles. The van der Waals surface area contributed by atoms with Gasteiger partial charge in [0, 0.05) is 25.5 Å². The molecular weight excluding hydrogens is 391 g/mol. The molecule has 0 spiro atoms. The highest BCUT2D eigenvalue weighted by molar-refractivity contribution is 5.92. The molecule has 0 saturated heterocycles. The second-order valence-electron chi connectivity index (χ2n) is 6.69. The zero-order chi connectivity index (χ0) is 21.8. The van der Waals surface area contributed by atoms with Gasteiger partial charge in [0.05, 0.1) is 25.8 Å². The third-order valence-electron chi connectivity index (χ3n) is 4.74. The molecule has 30 heavy (non-hydrogen) atoms. The van der Waals surface area contributed by atoms with Gasteiger partial charge in [-0.3, -0.25) is 4.79 Å². The number of aryl methyl sites for hydroxylation is 1. The Morgan fingerprint density at radius 3 is 2.20 bits per heavy atom. The van der Waals surface area contributed by atoms with Crippen LogP contribution >= 0.6 is 0 Å². The van der Waals surface area contributed by atoms with E-state index < -0.39 is 6.09 Å². The van der Waals surface area contributed by atoms with E-state index in [-0.39, 0.29) is 23.7 Å². The lowest BCUT2D eigenvalue weighted by Gasteiger charge is -2.19. The summed E-state index contributed by atoms with van der Waals surface area (Å²) in [6.07, 6.45) is 0.886. The smallest absolute Gasteiger partial charge is 0.415 e. The minimum atomic E-state index is -0.614. The molecule has 2 aromatic carbocycles. The van der Waals surface area contributed by atoms with Crippen molar-refractivity contribution in [1.82, 2.24) is 9.47 Å². The molecular formula is C22H23FN2O5. The second-order valence-corrected chi connectivity index (χ2v) is 6.69. The largest absolute Gasteiger partial charge is 0.493 e. The van der Waals surface area contributed by atoms with E-state index in [4.69, 9.17) is 14.2 Å². The number of benzene rings is 2. The Hall–Kier alpha value is -3.55. The maximum Gasteiger partial charge on any atom is 0.415 e. The van der Waals surface area contributed by atoms with E-state index >= 15 is 0 Å². The number of ether oxygens (including phenoxy) is 3. The van der Waals surface area contributed by atoms with Gasteiger partial charge in [0.15, 0.2) is 17.2 Å². The number of hydrogen-bond acceptors (Lipinski definition) is 5. The lowest BCUT2D eigenvalue weighted by Crippen LogP contribution is -2.30.